The summed E-state index contributed by atoms with van der Waals surface area (Å²) >= 11 is 0. The van der Waals surface area contributed by atoms with Crippen LogP contribution < -0.4 is 0 Å². The SMILES string of the molecule is CCCCCCCC(N=C=O)c1ccccc1O. The molecule has 0 heterocycles. The zero-order valence-electron chi connectivity index (χ0n) is 10.9. The number of phenols is 1. The second-order valence-corrected chi connectivity index (χ2v) is 4.50. The van der Waals surface area contributed by atoms with Crippen molar-refractivity contribution in [3.8, 4) is 5.75 Å². The van der Waals surface area contributed by atoms with E-state index >= 15 is 0 Å². The molecule has 1 unspecified atom stereocenters. The highest BCUT2D eigenvalue weighted by atomic mass is 16.3. The first kappa shape index (κ1) is 14.5. The summed E-state index contributed by atoms with van der Waals surface area (Å²) in [5, 5.41) is 9.76. The van der Waals surface area contributed by atoms with Crippen molar-refractivity contribution in [3.05, 3.63) is 29.8 Å². The van der Waals surface area contributed by atoms with Gasteiger partial charge in [0.05, 0.1) is 6.04 Å². The Morgan fingerprint density at radius 1 is 1.22 bits per heavy atom. The second kappa shape index (κ2) is 8.48. The number of aromatic hydroxyl groups is 1. The highest BCUT2D eigenvalue weighted by molar-refractivity contribution is 5.39. The summed E-state index contributed by atoms with van der Waals surface area (Å²) in [7, 11) is 0. The number of aliphatic imine (C=N–C) groups is 1. The number of unbranched alkanes of at least 4 members (excludes halogenated alkanes) is 4. The number of hydrogen-bond acceptors (Lipinski definition) is 3. The molecule has 1 atom stereocenters. The van der Waals surface area contributed by atoms with Gasteiger partial charge in [0.15, 0.2) is 0 Å². The van der Waals surface area contributed by atoms with E-state index in [-0.39, 0.29) is 11.8 Å². The molecule has 0 radical (unpaired) electrons. The summed E-state index contributed by atoms with van der Waals surface area (Å²) in [5.74, 6) is 0.204. The monoisotopic (exact) mass is 247 g/mol. The lowest BCUT2D eigenvalue weighted by Crippen LogP contribution is -1.96. The van der Waals surface area contributed by atoms with Gasteiger partial charge >= 0.3 is 0 Å². The molecule has 1 rings (SSSR count). The van der Waals surface area contributed by atoms with E-state index in [1.807, 2.05) is 12.1 Å². The van der Waals surface area contributed by atoms with Crippen molar-refractivity contribution < 1.29 is 9.90 Å². The summed E-state index contributed by atoms with van der Waals surface area (Å²) < 4.78 is 0. The molecule has 0 aliphatic rings. The number of carbonyl (C=O) groups excluding carboxylic acids is 1. The Hall–Kier alpha value is -1.60. The maximum absolute atomic E-state index is 10.5. The number of rotatable bonds is 8. The average molecular weight is 247 g/mol. The Bertz CT molecular complexity index is 397. The van der Waals surface area contributed by atoms with Gasteiger partial charge in [-0.3, -0.25) is 0 Å². The smallest absolute Gasteiger partial charge is 0.235 e. The highest BCUT2D eigenvalue weighted by Gasteiger charge is 2.13. The van der Waals surface area contributed by atoms with Crippen molar-refractivity contribution in [2.24, 2.45) is 4.99 Å². The van der Waals surface area contributed by atoms with Crippen molar-refractivity contribution in [3.63, 3.8) is 0 Å². The van der Waals surface area contributed by atoms with E-state index in [9.17, 15) is 9.90 Å². The van der Waals surface area contributed by atoms with Crippen LogP contribution in [0.15, 0.2) is 29.3 Å². The van der Waals surface area contributed by atoms with Crippen LogP contribution in [0.25, 0.3) is 0 Å². The molecule has 98 valence electrons. The van der Waals surface area contributed by atoms with E-state index in [0.717, 1.165) is 24.8 Å². The molecule has 0 saturated carbocycles. The minimum Gasteiger partial charge on any atom is -0.508 e. The summed E-state index contributed by atoms with van der Waals surface area (Å²) in [5.41, 5.74) is 0.719. The summed E-state index contributed by atoms with van der Waals surface area (Å²) in [6.45, 7) is 2.18. The average Bonchev–Trinajstić information content (AvgIpc) is 2.38. The maximum atomic E-state index is 10.5. The van der Waals surface area contributed by atoms with Crippen LogP contribution in [0.3, 0.4) is 0 Å². The van der Waals surface area contributed by atoms with E-state index < -0.39 is 0 Å². The maximum Gasteiger partial charge on any atom is 0.235 e. The van der Waals surface area contributed by atoms with E-state index in [2.05, 4.69) is 11.9 Å². The predicted octanol–water partition coefficient (Wildman–Crippen LogP) is 4.13. The van der Waals surface area contributed by atoms with Crippen LogP contribution in [0.2, 0.25) is 0 Å². The normalized spacial score (nSPS) is 11.8. The molecule has 0 fully saturated rings. The molecule has 0 saturated heterocycles. The van der Waals surface area contributed by atoms with Crippen LogP contribution in [0.5, 0.6) is 5.75 Å². The van der Waals surface area contributed by atoms with Crippen LogP contribution in [0.1, 0.15) is 57.1 Å². The standard InChI is InChI=1S/C15H21NO2/c1-2-3-4-5-6-10-14(16-12-17)13-9-7-8-11-15(13)18/h7-9,11,14,18H,2-6,10H2,1H3. The molecular formula is C15H21NO2. The Kier molecular flexibility index (Phi) is 6.82. The van der Waals surface area contributed by atoms with E-state index in [4.69, 9.17) is 0 Å². The Morgan fingerprint density at radius 3 is 2.61 bits per heavy atom. The van der Waals surface area contributed by atoms with Crippen molar-refractivity contribution in [1.29, 1.82) is 0 Å². The van der Waals surface area contributed by atoms with Crippen molar-refractivity contribution in [2.75, 3.05) is 0 Å². The fourth-order valence-electron chi connectivity index (χ4n) is 2.06. The van der Waals surface area contributed by atoms with Gasteiger partial charge in [0.2, 0.25) is 6.08 Å². The predicted molar refractivity (Wildman–Crippen MR) is 72.3 cm³/mol. The number of hydrogen-bond donors (Lipinski definition) is 1. The molecule has 3 heteroatoms. The van der Waals surface area contributed by atoms with Gasteiger partial charge in [-0.15, -0.1) is 0 Å². The van der Waals surface area contributed by atoms with Gasteiger partial charge in [0.1, 0.15) is 5.75 Å². The lowest BCUT2D eigenvalue weighted by atomic mass is 9.99. The second-order valence-electron chi connectivity index (χ2n) is 4.50. The van der Waals surface area contributed by atoms with Gasteiger partial charge in [-0.25, -0.2) is 4.79 Å². The molecular weight excluding hydrogens is 226 g/mol. The fraction of sp³-hybridized carbons (Fsp3) is 0.533. The molecule has 0 amide bonds. The van der Waals surface area contributed by atoms with Crippen LogP contribution in [0, 0.1) is 0 Å². The number of nitrogens with zero attached hydrogens (tertiary/aromatic N) is 1. The number of benzene rings is 1. The lowest BCUT2D eigenvalue weighted by molar-refractivity contribution is 0.454. The summed E-state index contributed by atoms with van der Waals surface area (Å²) in [6, 6.07) is 6.79. The lowest BCUT2D eigenvalue weighted by Gasteiger charge is -2.12. The van der Waals surface area contributed by atoms with Gasteiger partial charge in [0.25, 0.3) is 0 Å². The first-order valence-electron chi connectivity index (χ1n) is 6.64. The fourth-order valence-corrected chi connectivity index (χ4v) is 2.06. The van der Waals surface area contributed by atoms with E-state index in [0.29, 0.717) is 0 Å². The Morgan fingerprint density at radius 2 is 1.94 bits per heavy atom. The van der Waals surface area contributed by atoms with Crippen LogP contribution in [0.4, 0.5) is 0 Å². The van der Waals surface area contributed by atoms with Crippen LogP contribution in [-0.2, 0) is 4.79 Å². The zero-order chi connectivity index (χ0) is 13.2. The number of isocyanates is 1. The van der Waals surface area contributed by atoms with E-state index in [1.54, 1.807) is 18.2 Å². The summed E-state index contributed by atoms with van der Waals surface area (Å²) in [4.78, 5) is 14.3. The number of para-hydroxylation sites is 1. The van der Waals surface area contributed by atoms with E-state index in [1.165, 1.54) is 19.3 Å². The molecule has 1 N–H and O–H groups in total. The molecule has 18 heavy (non-hydrogen) atoms. The molecule has 1 aromatic rings. The minimum absolute atomic E-state index is 0.204. The molecule has 3 nitrogen and oxygen atoms in total. The van der Waals surface area contributed by atoms with Crippen LogP contribution >= 0.6 is 0 Å². The third-order valence-electron chi connectivity index (χ3n) is 3.09. The van der Waals surface area contributed by atoms with Gasteiger partial charge < -0.3 is 5.11 Å². The topological polar surface area (TPSA) is 49.7 Å². The van der Waals surface area contributed by atoms with Crippen molar-refractivity contribution >= 4 is 6.08 Å². The molecule has 0 aromatic heterocycles. The third-order valence-corrected chi connectivity index (χ3v) is 3.09. The van der Waals surface area contributed by atoms with Gasteiger partial charge in [-0.1, -0.05) is 57.2 Å². The molecule has 0 aliphatic carbocycles. The molecule has 0 aliphatic heterocycles. The largest absolute Gasteiger partial charge is 0.508 e. The molecule has 0 bridgehead atoms. The Balaban J connectivity index is 2.55. The zero-order valence-corrected chi connectivity index (χ0v) is 10.9. The molecule has 1 aromatic carbocycles. The van der Waals surface area contributed by atoms with Gasteiger partial charge in [-0.05, 0) is 12.5 Å². The van der Waals surface area contributed by atoms with Crippen molar-refractivity contribution in [2.45, 2.75) is 51.5 Å². The van der Waals surface area contributed by atoms with Crippen molar-refractivity contribution in [1.82, 2.24) is 0 Å². The van der Waals surface area contributed by atoms with Gasteiger partial charge in [-0.2, -0.15) is 4.99 Å². The minimum atomic E-state index is -0.259. The highest BCUT2D eigenvalue weighted by Crippen LogP contribution is 2.30. The first-order valence-corrected chi connectivity index (χ1v) is 6.64. The summed E-state index contributed by atoms with van der Waals surface area (Å²) in [6.07, 6.45) is 8.24. The molecule has 0 spiro atoms. The number of phenolic OH excluding ortho intramolecular Hbond substituents is 1. The van der Waals surface area contributed by atoms with Gasteiger partial charge in [0, 0.05) is 5.56 Å². The van der Waals surface area contributed by atoms with Crippen LogP contribution in [-0.4, -0.2) is 11.2 Å². The Labute approximate surface area is 109 Å². The quantitative estimate of drug-likeness (QED) is 0.426. The first-order chi connectivity index (χ1) is 8.79. The third kappa shape index (κ3) is 4.72.